The summed E-state index contributed by atoms with van der Waals surface area (Å²) in [7, 11) is 0. The zero-order chi connectivity index (χ0) is 35.3. The average molecular weight is 645 g/mol. The van der Waals surface area contributed by atoms with E-state index in [4.69, 9.17) is 48.1 Å². The molecule has 1 amide bonds. The van der Waals surface area contributed by atoms with Crippen LogP contribution in [0.25, 0.3) is 0 Å². The first-order valence-corrected chi connectivity index (χ1v) is 14.0. The lowest BCUT2D eigenvalue weighted by Gasteiger charge is -2.20. The van der Waals surface area contributed by atoms with Crippen molar-refractivity contribution in [3.63, 3.8) is 0 Å². The molecule has 17 nitrogen and oxygen atoms in total. The molecule has 1 aliphatic rings. The highest BCUT2D eigenvalue weighted by atomic mass is 16.5. The van der Waals surface area contributed by atoms with Gasteiger partial charge in [-0.25, -0.2) is 0 Å². The van der Waals surface area contributed by atoms with Crippen molar-refractivity contribution in [2.45, 2.75) is 89.2 Å². The summed E-state index contributed by atoms with van der Waals surface area (Å²) in [6.07, 6.45) is 1.47. The molecule has 1 heterocycles. The van der Waals surface area contributed by atoms with Gasteiger partial charge in [-0.15, -0.1) is 0 Å². The van der Waals surface area contributed by atoms with E-state index < -0.39 is 66.0 Å². The molecule has 45 heavy (non-hydrogen) atoms. The lowest BCUT2D eigenvalue weighted by molar-refractivity contribution is -0.155. The molecule has 1 aliphatic heterocycles. The molecule has 17 heteroatoms. The Morgan fingerprint density at radius 1 is 0.844 bits per heavy atom. The van der Waals surface area contributed by atoms with Gasteiger partial charge in [0.15, 0.2) is 0 Å². The molecule has 0 radical (unpaired) electrons. The van der Waals surface area contributed by atoms with Crippen LogP contribution in [0.2, 0.25) is 0 Å². The number of carboxylic acids is 4. The zero-order valence-electron chi connectivity index (χ0n) is 25.7. The zero-order valence-corrected chi connectivity index (χ0v) is 25.7. The number of benzene rings is 1. The summed E-state index contributed by atoms with van der Waals surface area (Å²) in [6.45, 7) is 6.15. The molecule has 1 saturated heterocycles. The van der Waals surface area contributed by atoms with Gasteiger partial charge in [0.25, 0.3) is 0 Å². The molecule has 2 rings (SSSR count). The van der Waals surface area contributed by atoms with Crippen LogP contribution >= 0.6 is 0 Å². The van der Waals surface area contributed by atoms with E-state index in [1.54, 1.807) is 0 Å². The third-order valence-corrected chi connectivity index (χ3v) is 5.83. The second kappa shape index (κ2) is 23.3. The van der Waals surface area contributed by atoms with Gasteiger partial charge in [-0.2, -0.15) is 0 Å². The Bertz CT molecular complexity index is 1070. The van der Waals surface area contributed by atoms with E-state index in [0.29, 0.717) is 12.8 Å². The standard InChI is InChI=1S/C10H20N2O4.C9H11NO2.C5H9NO2.C4H8N2O3/c1-5(2)4-7(11)10(15)16-6(3)8(12)9(13)14;10-8(9(11)12)6-7-4-2-1-3-5-7;7-5(8)4-2-1-3-6-4;5-2(4(8)9)1-3(6)7/h5-8H,4,11-12H2,1-3H3,(H,13,14);1-5,8H,6,10H2,(H,11,12);4,6H,1-3H2,(H,7,8);2H,1,5H2,(H2,6,7)(H,8,9)/t6-,7+,8+;8-;4-;2-/m1000/s1. The number of hydrogen-bond donors (Lipinski definition) is 10. The number of carbonyl (C=O) groups is 6. The van der Waals surface area contributed by atoms with Crippen LogP contribution in [-0.4, -0.2) is 99.0 Å². The molecule has 15 N–H and O–H groups in total. The molecule has 1 aromatic rings. The van der Waals surface area contributed by atoms with Crippen molar-refractivity contribution in [3.05, 3.63) is 35.9 Å². The quantitative estimate of drug-likeness (QED) is 0.108. The summed E-state index contributed by atoms with van der Waals surface area (Å²) >= 11 is 0. The van der Waals surface area contributed by atoms with E-state index in [1.165, 1.54) is 6.92 Å². The molecular formula is C28H48N6O11. The normalized spacial score (nSPS) is 16.8. The Morgan fingerprint density at radius 2 is 1.38 bits per heavy atom. The molecular weight excluding hydrogens is 596 g/mol. The number of nitrogens with one attached hydrogen (secondary N) is 1. The maximum absolute atomic E-state index is 11.4. The summed E-state index contributed by atoms with van der Waals surface area (Å²) in [6, 6.07) is 5.15. The smallest absolute Gasteiger partial charge is 0.324 e. The maximum atomic E-state index is 11.4. The van der Waals surface area contributed by atoms with Gasteiger partial charge in [-0.1, -0.05) is 44.2 Å². The van der Waals surface area contributed by atoms with Crippen LogP contribution in [0, 0.1) is 5.92 Å². The van der Waals surface area contributed by atoms with Crippen LogP contribution in [0.4, 0.5) is 0 Å². The van der Waals surface area contributed by atoms with Crippen molar-refractivity contribution in [1.82, 2.24) is 5.32 Å². The van der Waals surface area contributed by atoms with E-state index in [9.17, 15) is 28.8 Å². The minimum atomic E-state index is -1.23. The lowest BCUT2D eigenvalue weighted by Crippen LogP contribution is -2.45. The van der Waals surface area contributed by atoms with Crippen molar-refractivity contribution >= 4 is 35.8 Å². The van der Waals surface area contributed by atoms with Crippen LogP contribution in [-0.2, 0) is 39.9 Å². The minimum Gasteiger partial charge on any atom is -0.480 e. The molecule has 6 atom stereocenters. The Labute approximate surface area is 261 Å². The van der Waals surface area contributed by atoms with Gasteiger partial charge in [-0.3, -0.25) is 28.8 Å². The number of primary amides is 1. The van der Waals surface area contributed by atoms with Gasteiger partial charge in [-0.05, 0) is 50.6 Å². The topological polar surface area (TPSA) is 335 Å². The largest absolute Gasteiger partial charge is 0.480 e. The van der Waals surface area contributed by atoms with Crippen LogP contribution in [0.15, 0.2) is 30.3 Å². The van der Waals surface area contributed by atoms with Crippen molar-refractivity contribution in [1.29, 1.82) is 0 Å². The Kier molecular flexibility index (Phi) is 22.2. The highest BCUT2D eigenvalue weighted by Gasteiger charge is 2.26. The number of esters is 1. The molecule has 1 aromatic carbocycles. The van der Waals surface area contributed by atoms with E-state index in [2.05, 4.69) is 11.1 Å². The highest BCUT2D eigenvalue weighted by molar-refractivity contribution is 5.83. The van der Waals surface area contributed by atoms with Crippen molar-refractivity contribution in [2.75, 3.05) is 6.54 Å². The monoisotopic (exact) mass is 644 g/mol. The van der Waals surface area contributed by atoms with E-state index in [0.717, 1.165) is 24.9 Å². The fraction of sp³-hybridized carbons (Fsp3) is 0.571. The molecule has 0 saturated carbocycles. The summed E-state index contributed by atoms with van der Waals surface area (Å²) in [4.78, 5) is 62.4. The number of ether oxygens (including phenoxy) is 1. The predicted molar refractivity (Wildman–Crippen MR) is 162 cm³/mol. The van der Waals surface area contributed by atoms with Crippen LogP contribution in [0.3, 0.4) is 0 Å². The predicted octanol–water partition coefficient (Wildman–Crippen LogP) is -1.56. The Hall–Kier alpha value is -4.16. The molecule has 0 aliphatic carbocycles. The average Bonchev–Trinajstić information content (AvgIpc) is 3.49. The number of rotatable bonds is 13. The van der Waals surface area contributed by atoms with Gasteiger partial charge >= 0.3 is 29.8 Å². The van der Waals surface area contributed by atoms with Crippen molar-refractivity contribution < 1.29 is 53.9 Å². The number of amides is 1. The minimum absolute atomic E-state index is 0.269. The maximum Gasteiger partial charge on any atom is 0.324 e. The van der Waals surface area contributed by atoms with Gasteiger partial charge in [0.1, 0.15) is 36.3 Å². The SMILES string of the molecule is CC(C)C[C@H](N)C(=O)O[C@H](C)[C@H](N)C(=O)O.NC(=O)C[C@H](N)C(=O)O.N[C@@H](Cc1ccccc1)C(=O)O.O=C(O)[C@@H]1CCCN1. The number of aliphatic carboxylic acids is 4. The van der Waals surface area contributed by atoms with Gasteiger partial charge < -0.3 is 59.1 Å². The van der Waals surface area contributed by atoms with Crippen molar-refractivity contribution in [2.24, 2.45) is 34.6 Å². The number of carboxylic acid groups (broad SMARTS) is 4. The van der Waals surface area contributed by atoms with Gasteiger partial charge in [0.2, 0.25) is 5.91 Å². The molecule has 0 aromatic heterocycles. The van der Waals surface area contributed by atoms with Crippen LogP contribution in [0.1, 0.15) is 52.0 Å². The fourth-order valence-electron chi connectivity index (χ4n) is 3.30. The lowest BCUT2D eigenvalue weighted by atomic mass is 10.0. The first kappa shape index (κ1) is 43.0. The molecule has 256 valence electrons. The fourth-order valence-corrected chi connectivity index (χ4v) is 3.30. The second-order valence-electron chi connectivity index (χ2n) is 10.5. The summed E-state index contributed by atoms with van der Waals surface area (Å²) in [5, 5.41) is 36.4. The first-order chi connectivity index (χ1) is 20.8. The summed E-state index contributed by atoms with van der Waals surface area (Å²) in [5.74, 6) is -5.15. The summed E-state index contributed by atoms with van der Waals surface area (Å²) < 4.78 is 4.87. The first-order valence-electron chi connectivity index (χ1n) is 14.0. The highest BCUT2D eigenvalue weighted by Crippen LogP contribution is 2.07. The number of nitrogens with two attached hydrogens (primary N) is 5. The number of carbonyl (C=O) groups excluding carboxylic acids is 2. The molecule has 0 bridgehead atoms. The third-order valence-electron chi connectivity index (χ3n) is 5.83. The Morgan fingerprint density at radius 3 is 1.71 bits per heavy atom. The van der Waals surface area contributed by atoms with Crippen LogP contribution in [0.5, 0.6) is 0 Å². The van der Waals surface area contributed by atoms with E-state index in [1.807, 2.05) is 44.2 Å². The Balaban J connectivity index is 0. The van der Waals surface area contributed by atoms with Crippen molar-refractivity contribution in [3.8, 4) is 0 Å². The molecule has 0 spiro atoms. The molecule has 0 unspecified atom stereocenters. The second-order valence-corrected chi connectivity index (χ2v) is 10.5. The van der Waals surface area contributed by atoms with Gasteiger partial charge in [0, 0.05) is 0 Å². The van der Waals surface area contributed by atoms with Gasteiger partial charge in [0.05, 0.1) is 6.42 Å². The summed E-state index contributed by atoms with van der Waals surface area (Å²) in [5.41, 5.74) is 26.7. The molecule has 1 fully saturated rings. The van der Waals surface area contributed by atoms with Crippen LogP contribution < -0.4 is 34.0 Å². The van der Waals surface area contributed by atoms with E-state index in [-0.39, 0.29) is 18.4 Å². The third kappa shape index (κ3) is 22.1. The number of hydrogen-bond acceptors (Lipinski definition) is 12. The van der Waals surface area contributed by atoms with E-state index >= 15 is 0 Å².